The standard InChI is InChI=1S/C22H22F3N7O4S/c1-12-9-31-18(10-30(12)22(33)29-14-6-15(23)20(25)16(24)7-14)17(8-28-31)32-13(2)19(11-37(32,34)35)36-21-26-4-3-5-27-21/h3-8,12-13,19H,9-11H2,1-2H3,(H,29,33)/t12-,13?,19?/m0/s1. The van der Waals surface area contributed by atoms with Gasteiger partial charge in [-0.05, 0) is 19.9 Å². The molecule has 196 valence electrons. The molecule has 2 unspecified atom stereocenters. The van der Waals surface area contributed by atoms with Gasteiger partial charge in [0.2, 0.25) is 10.0 Å². The Balaban J connectivity index is 1.39. The first-order chi connectivity index (χ1) is 17.5. The summed E-state index contributed by atoms with van der Waals surface area (Å²) in [6, 6.07) is 1.29. The number of urea groups is 1. The van der Waals surface area contributed by atoms with Gasteiger partial charge in [0.05, 0.1) is 42.8 Å². The van der Waals surface area contributed by atoms with Gasteiger partial charge in [-0.25, -0.2) is 36.4 Å². The molecule has 37 heavy (non-hydrogen) atoms. The third kappa shape index (κ3) is 4.54. The van der Waals surface area contributed by atoms with E-state index in [9.17, 15) is 26.4 Å². The molecule has 15 heteroatoms. The van der Waals surface area contributed by atoms with E-state index in [1.54, 1.807) is 24.6 Å². The lowest BCUT2D eigenvalue weighted by Crippen LogP contribution is -2.47. The topological polar surface area (TPSA) is 123 Å². The van der Waals surface area contributed by atoms with E-state index in [2.05, 4.69) is 20.4 Å². The van der Waals surface area contributed by atoms with Crippen LogP contribution in [0.2, 0.25) is 0 Å². The number of hydrogen-bond acceptors (Lipinski definition) is 7. The predicted octanol–water partition coefficient (Wildman–Crippen LogP) is 2.51. The molecule has 2 aliphatic heterocycles. The van der Waals surface area contributed by atoms with Crippen LogP contribution in [-0.2, 0) is 23.1 Å². The molecule has 2 aromatic heterocycles. The van der Waals surface area contributed by atoms with Crippen LogP contribution < -0.4 is 14.4 Å². The molecule has 2 aliphatic rings. The van der Waals surface area contributed by atoms with Gasteiger partial charge in [0.25, 0.3) is 0 Å². The van der Waals surface area contributed by atoms with Crippen LogP contribution in [0.4, 0.5) is 29.3 Å². The fourth-order valence-corrected chi connectivity index (χ4v) is 6.50. The summed E-state index contributed by atoms with van der Waals surface area (Å²) in [5.74, 6) is -4.82. The number of benzene rings is 1. The third-order valence-electron chi connectivity index (χ3n) is 6.33. The minimum atomic E-state index is -3.81. The van der Waals surface area contributed by atoms with Crippen LogP contribution in [0.3, 0.4) is 0 Å². The Morgan fingerprint density at radius 3 is 2.49 bits per heavy atom. The van der Waals surface area contributed by atoms with E-state index in [1.165, 1.54) is 27.8 Å². The Hall–Kier alpha value is -3.88. The first-order valence-electron chi connectivity index (χ1n) is 11.3. The van der Waals surface area contributed by atoms with Crippen molar-refractivity contribution in [2.45, 2.75) is 45.1 Å². The van der Waals surface area contributed by atoms with Gasteiger partial charge >= 0.3 is 12.0 Å². The SMILES string of the molecule is CC1C(Oc2ncccn2)CS(=O)(=O)N1c1cnn2c1CN(C(=O)Nc1cc(F)c(F)c(F)c1)[C@@H](C)C2. The number of aromatic nitrogens is 4. The predicted molar refractivity (Wildman–Crippen MR) is 125 cm³/mol. The smallest absolute Gasteiger partial charge is 0.322 e. The Kier molecular flexibility index (Phi) is 6.17. The van der Waals surface area contributed by atoms with E-state index >= 15 is 0 Å². The lowest BCUT2D eigenvalue weighted by Gasteiger charge is -2.35. The Morgan fingerprint density at radius 1 is 1.14 bits per heavy atom. The largest absolute Gasteiger partial charge is 0.457 e. The zero-order valence-corrected chi connectivity index (χ0v) is 20.5. The monoisotopic (exact) mass is 537 g/mol. The van der Waals surface area contributed by atoms with Gasteiger partial charge in [-0.3, -0.25) is 8.99 Å². The molecule has 0 spiro atoms. The molecule has 0 aliphatic carbocycles. The molecular weight excluding hydrogens is 515 g/mol. The van der Waals surface area contributed by atoms with E-state index in [0.717, 1.165) is 0 Å². The zero-order chi connectivity index (χ0) is 26.5. The number of halogens is 3. The lowest BCUT2D eigenvalue weighted by atomic mass is 10.1. The summed E-state index contributed by atoms with van der Waals surface area (Å²) in [5, 5.41) is 6.68. The maximum atomic E-state index is 13.6. The van der Waals surface area contributed by atoms with Crippen molar-refractivity contribution in [3.05, 3.63) is 59.9 Å². The van der Waals surface area contributed by atoms with Crippen LogP contribution in [0, 0.1) is 17.5 Å². The van der Waals surface area contributed by atoms with Crippen LogP contribution in [0.5, 0.6) is 6.01 Å². The molecule has 0 radical (unpaired) electrons. The number of anilines is 2. The Bertz CT molecular complexity index is 1430. The summed E-state index contributed by atoms with van der Waals surface area (Å²) in [6.45, 7) is 3.64. The number of hydrogen-bond donors (Lipinski definition) is 1. The van der Waals surface area contributed by atoms with E-state index in [0.29, 0.717) is 17.8 Å². The molecule has 1 saturated heterocycles. The average molecular weight is 538 g/mol. The highest BCUT2D eigenvalue weighted by Crippen LogP contribution is 2.35. The number of nitrogens with one attached hydrogen (secondary N) is 1. The normalized spacial score (nSPS) is 22.6. The van der Waals surface area contributed by atoms with E-state index in [1.807, 2.05) is 0 Å². The van der Waals surface area contributed by atoms with E-state index < -0.39 is 51.7 Å². The fraction of sp³-hybridized carbons (Fsp3) is 0.364. The highest BCUT2D eigenvalue weighted by atomic mass is 32.2. The van der Waals surface area contributed by atoms with Crippen molar-refractivity contribution in [1.29, 1.82) is 0 Å². The molecule has 4 heterocycles. The van der Waals surface area contributed by atoms with Gasteiger partial charge in [-0.1, -0.05) is 0 Å². The summed E-state index contributed by atoms with van der Waals surface area (Å²) in [4.78, 5) is 22.3. The highest BCUT2D eigenvalue weighted by Gasteiger charge is 2.46. The zero-order valence-electron chi connectivity index (χ0n) is 19.7. The quantitative estimate of drug-likeness (QED) is 0.508. The summed E-state index contributed by atoms with van der Waals surface area (Å²) in [7, 11) is -3.81. The molecule has 2 amide bonds. The maximum Gasteiger partial charge on any atom is 0.322 e. The molecule has 3 atom stereocenters. The highest BCUT2D eigenvalue weighted by molar-refractivity contribution is 7.93. The minimum absolute atomic E-state index is 0.0411. The molecule has 1 aromatic carbocycles. The molecule has 5 rings (SSSR count). The summed E-state index contributed by atoms with van der Waals surface area (Å²) in [5.41, 5.74) is 0.486. The summed E-state index contributed by atoms with van der Waals surface area (Å²) < 4.78 is 75.3. The van der Waals surface area contributed by atoms with Crippen molar-refractivity contribution in [2.75, 3.05) is 15.4 Å². The second-order valence-electron chi connectivity index (χ2n) is 8.82. The van der Waals surface area contributed by atoms with Gasteiger partial charge in [0.1, 0.15) is 11.9 Å². The second-order valence-corrected chi connectivity index (χ2v) is 10.7. The van der Waals surface area contributed by atoms with Crippen molar-refractivity contribution in [3.63, 3.8) is 0 Å². The number of ether oxygens (including phenoxy) is 1. The lowest BCUT2D eigenvalue weighted by molar-refractivity contribution is 0.161. The third-order valence-corrected chi connectivity index (χ3v) is 8.21. The number of sulfonamides is 1. The molecule has 1 N–H and O–H groups in total. The number of amides is 2. The molecular formula is C22H22F3N7O4S. The molecule has 11 nitrogen and oxygen atoms in total. The number of nitrogens with zero attached hydrogens (tertiary/aromatic N) is 6. The Morgan fingerprint density at radius 2 is 1.81 bits per heavy atom. The van der Waals surface area contributed by atoms with Gasteiger partial charge in [-0.2, -0.15) is 5.10 Å². The maximum absolute atomic E-state index is 13.6. The van der Waals surface area contributed by atoms with Crippen LogP contribution in [0.25, 0.3) is 0 Å². The second kappa shape index (κ2) is 9.21. The van der Waals surface area contributed by atoms with Crippen LogP contribution in [-0.4, -0.2) is 63.0 Å². The first kappa shape index (κ1) is 24.8. The molecule has 0 bridgehead atoms. The van der Waals surface area contributed by atoms with Gasteiger partial charge in [-0.15, -0.1) is 0 Å². The van der Waals surface area contributed by atoms with Crippen molar-refractivity contribution in [1.82, 2.24) is 24.6 Å². The van der Waals surface area contributed by atoms with Crippen molar-refractivity contribution in [3.8, 4) is 6.01 Å². The van der Waals surface area contributed by atoms with Gasteiger partial charge in [0.15, 0.2) is 17.5 Å². The number of fused-ring (bicyclic) bond motifs is 1. The van der Waals surface area contributed by atoms with E-state index in [-0.39, 0.29) is 36.2 Å². The minimum Gasteiger partial charge on any atom is -0.457 e. The van der Waals surface area contributed by atoms with Crippen LogP contribution in [0.15, 0.2) is 36.8 Å². The molecule has 3 aromatic rings. The van der Waals surface area contributed by atoms with E-state index in [4.69, 9.17) is 4.74 Å². The van der Waals surface area contributed by atoms with Crippen molar-refractivity contribution < 1.29 is 31.1 Å². The summed E-state index contributed by atoms with van der Waals surface area (Å²) in [6.07, 6.45) is 3.63. The van der Waals surface area contributed by atoms with Crippen molar-refractivity contribution >= 4 is 27.4 Å². The van der Waals surface area contributed by atoms with Gasteiger partial charge in [0, 0.05) is 30.2 Å². The van der Waals surface area contributed by atoms with Crippen molar-refractivity contribution in [2.24, 2.45) is 0 Å². The Labute approximate surface area is 209 Å². The number of carbonyl (C=O) groups is 1. The van der Waals surface area contributed by atoms with Gasteiger partial charge < -0.3 is 15.0 Å². The molecule has 1 fully saturated rings. The fourth-order valence-electron chi connectivity index (χ4n) is 4.48. The number of rotatable bonds is 4. The van der Waals surface area contributed by atoms with Crippen LogP contribution >= 0.6 is 0 Å². The summed E-state index contributed by atoms with van der Waals surface area (Å²) >= 11 is 0. The molecule has 0 saturated carbocycles. The van der Waals surface area contributed by atoms with Crippen LogP contribution in [0.1, 0.15) is 19.5 Å². The first-order valence-corrected chi connectivity index (χ1v) is 12.9. The number of carbonyl (C=O) groups excluding carboxylic acids is 1. The average Bonchev–Trinajstić information content (AvgIpc) is 3.33.